The highest BCUT2D eigenvalue weighted by Gasteiger charge is 2.27. The Hall–Kier alpha value is -3.50. The third-order valence-electron chi connectivity index (χ3n) is 7.81. The molecule has 40 heavy (non-hydrogen) atoms. The number of rotatable bonds is 6. The number of esters is 1. The second-order valence-corrected chi connectivity index (χ2v) is 13.5. The molecule has 4 aromatic rings. The Labute approximate surface area is 237 Å². The van der Waals surface area contributed by atoms with E-state index in [4.69, 9.17) is 4.74 Å². The number of para-hydroxylation sites is 1. The van der Waals surface area contributed by atoms with E-state index in [0.717, 1.165) is 36.0 Å². The van der Waals surface area contributed by atoms with Crippen LogP contribution in [0, 0.1) is 33.6 Å². The topological polar surface area (TPSA) is 118 Å². The Balaban J connectivity index is 1.42. The van der Waals surface area contributed by atoms with E-state index in [1.165, 1.54) is 28.3 Å². The summed E-state index contributed by atoms with van der Waals surface area (Å²) in [6.45, 7) is 11.1. The molecule has 210 valence electrons. The Morgan fingerprint density at radius 2 is 1.82 bits per heavy atom. The van der Waals surface area contributed by atoms with Crippen molar-refractivity contribution in [3.63, 3.8) is 0 Å². The largest absolute Gasteiger partial charge is 0.451 e. The Morgan fingerprint density at radius 1 is 1.15 bits per heavy atom. The summed E-state index contributed by atoms with van der Waals surface area (Å²) in [4.78, 5) is 35.8. The molecule has 8 nitrogen and oxygen atoms in total. The van der Waals surface area contributed by atoms with E-state index in [1.807, 2.05) is 19.9 Å². The van der Waals surface area contributed by atoms with Crippen molar-refractivity contribution in [2.75, 3.05) is 4.72 Å². The van der Waals surface area contributed by atoms with Gasteiger partial charge in [-0.25, -0.2) is 18.2 Å². The molecule has 0 saturated heterocycles. The number of carbonyl (C=O) groups is 1. The second-order valence-electron chi connectivity index (χ2n) is 10.8. The first kappa shape index (κ1) is 28.0. The molecule has 2 aromatic heterocycles. The zero-order valence-electron chi connectivity index (χ0n) is 23.5. The van der Waals surface area contributed by atoms with Gasteiger partial charge in [-0.15, -0.1) is 11.3 Å². The van der Waals surface area contributed by atoms with Crippen LogP contribution in [0.5, 0.6) is 0 Å². The molecule has 0 saturated carbocycles. The molecule has 0 spiro atoms. The number of aryl methyl sites for hydroxylation is 3. The van der Waals surface area contributed by atoms with Gasteiger partial charge in [0.15, 0.2) is 11.9 Å². The van der Waals surface area contributed by atoms with Crippen LogP contribution < -0.4 is 10.3 Å². The highest BCUT2D eigenvalue weighted by molar-refractivity contribution is 7.92. The average molecular weight is 580 g/mol. The number of thiophene rings is 1. The zero-order chi connectivity index (χ0) is 28.9. The van der Waals surface area contributed by atoms with Crippen LogP contribution in [0.15, 0.2) is 40.0 Å². The Kier molecular flexibility index (Phi) is 7.35. The lowest BCUT2D eigenvalue weighted by Gasteiger charge is -2.18. The summed E-state index contributed by atoms with van der Waals surface area (Å²) in [5, 5.41) is 0.630. The molecule has 0 aliphatic heterocycles. The molecule has 2 heterocycles. The van der Waals surface area contributed by atoms with Gasteiger partial charge in [-0.3, -0.25) is 9.52 Å². The zero-order valence-corrected chi connectivity index (χ0v) is 25.1. The number of aromatic amines is 1. The lowest BCUT2D eigenvalue weighted by atomic mass is 9.89. The number of aromatic nitrogens is 2. The minimum absolute atomic E-state index is 0.0570. The van der Waals surface area contributed by atoms with E-state index in [1.54, 1.807) is 32.9 Å². The summed E-state index contributed by atoms with van der Waals surface area (Å²) < 4.78 is 35.3. The van der Waals surface area contributed by atoms with Gasteiger partial charge in [0, 0.05) is 4.88 Å². The average Bonchev–Trinajstić information content (AvgIpc) is 3.25. The maximum Gasteiger partial charge on any atom is 0.340 e. The molecule has 0 bridgehead atoms. The predicted octanol–water partition coefficient (Wildman–Crippen LogP) is 6.06. The fourth-order valence-electron chi connectivity index (χ4n) is 5.37. The van der Waals surface area contributed by atoms with Crippen LogP contribution in [-0.2, 0) is 27.6 Å². The SMILES string of the molecule is Cc1cc(C)c(C)c(S(=O)(=O)Nc2ccccc2C(=O)OC(C)c2nc3sc4c(c3c(=O)[nH]2)CCC(C)C4)c1C. The third kappa shape index (κ3) is 5.06. The van der Waals surface area contributed by atoms with Crippen molar-refractivity contribution in [1.29, 1.82) is 0 Å². The second kappa shape index (κ2) is 10.5. The lowest BCUT2D eigenvalue weighted by Crippen LogP contribution is -2.21. The number of fused-ring (bicyclic) bond motifs is 3. The Morgan fingerprint density at radius 3 is 2.52 bits per heavy atom. The monoisotopic (exact) mass is 579 g/mol. The minimum Gasteiger partial charge on any atom is -0.451 e. The summed E-state index contributed by atoms with van der Waals surface area (Å²) in [7, 11) is -4.01. The number of benzene rings is 2. The van der Waals surface area contributed by atoms with Crippen molar-refractivity contribution in [3.8, 4) is 0 Å². The normalized spacial score (nSPS) is 16.0. The molecule has 2 unspecified atom stereocenters. The van der Waals surface area contributed by atoms with Gasteiger partial charge in [0.2, 0.25) is 0 Å². The molecule has 0 radical (unpaired) electrons. The molecule has 0 amide bonds. The van der Waals surface area contributed by atoms with Crippen molar-refractivity contribution < 1.29 is 17.9 Å². The van der Waals surface area contributed by atoms with Crippen molar-refractivity contribution in [2.45, 2.75) is 71.8 Å². The van der Waals surface area contributed by atoms with Gasteiger partial charge in [0.25, 0.3) is 15.6 Å². The molecule has 2 atom stereocenters. The van der Waals surface area contributed by atoms with Crippen molar-refractivity contribution in [1.82, 2.24) is 9.97 Å². The van der Waals surface area contributed by atoms with E-state index in [2.05, 4.69) is 21.6 Å². The van der Waals surface area contributed by atoms with Crippen LogP contribution in [0.3, 0.4) is 0 Å². The van der Waals surface area contributed by atoms with E-state index >= 15 is 0 Å². The van der Waals surface area contributed by atoms with Gasteiger partial charge in [0.1, 0.15) is 4.83 Å². The molecule has 1 aliphatic carbocycles. The predicted molar refractivity (Wildman–Crippen MR) is 158 cm³/mol. The van der Waals surface area contributed by atoms with E-state index in [0.29, 0.717) is 27.3 Å². The molecule has 2 N–H and O–H groups in total. The van der Waals surface area contributed by atoms with Crippen molar-refractivity contribution >= 4 is 43.2 Å². The van der Waals surface area contributed by atoms with Gasteiger partial charge in [0.05, 0.1) is 21.5 Å². The van der Waals surface area contributed by atoms with Crippen molar-refractivity contribution in [3.05, 3.63) is 84.8 Å². The highest BCUT2D eigenvalue weighted by atomic mass is 32.2. The maximum absolute atomic E-state index is 13.5. The molecule has 1 aliphatic rings. The number of hydrogen-bond donors (Lipinski definition) is 2. The number of hydrogen-bond acceptors (Lipinski definition) is 7. The fraction of sp³-hybridized carbons (Fsp3) is 0.367. The number of carbonyl (C=O) groups excluding carboxylic acids is 1. The fourth-order valence-corrected chi connectivity index (χ4v) is 8.46. The smallest absolute Gasteiger partial charge is 0.340 e. The first-order valence-electron chi connectivity index (χ1n) is 13.3. The third-order valence-corrected chi connectivity index (χ3v) is 10.6. The first-order valence-corrected chi connectivity index (χ1v) is 15.6. The summed E-state index contributed by atoms with van der Waals surface area (Å²) in [5.41, 5.74) is 4.05. The minimum atomic E-state index is -4.01. The van der Waals surface area contributed by atoms with E-state index < -0.39 is 22.1 Å². The van der Waals surface area contributed by atoms with Gasteiger partial charge in [-0.1, -0.05) is 25.1 Å². The molecular formula is C30H33N3O5S2. The number of nitrogens with zero attached hydrogens (tertiary/aromatic N) is 1. The molecular weight excluding hydrogens is 546 g/mol. The number of H-pyrrole nitrogens is 1. The lowest BCUT2D eigenvalue weighted by molar-refractivity contribution is 0.0321. The van der Waals surface area contributed by atoms with Crippen LogP contribution in [0.2, 0.25) is 0 Å². The standard InChI is InChI=1S/C30H33N3O5S2/c1-15-11-12-22-24(13-15)39-29-25(22)28(34)31-27(32-29)20(6)38-30(35)21-9-7-8-10-23(21)33-40(36,37)26-18(4)16(2)14-17(3)19(26)5/h7-10,14-15,20,33H,11-13H2,1-6H3,(H,31,32,34). The number of sulfonamides is 1. The van der Waals surface area contributed by atoms with Crippen LogP contribution in [0.4, 0.5) is 5.69 Å². The number of anilines is 1. The molecule has 5 rings (SSSR count). The molecule has 10 heteroatoms. The quantitative estimate of drug-likeness (QED) is 0.268. The highest BCUT2D eigenvalue weighted by Crippen LogP contribution is 2.36. The van der Waals surface area contributed by atoms with Gasteiger partial charge < -0.3 is 9.72 Å². The maximum atomic E-state index is 13.5. The number of nitrogens with one attached hydrogen (secondary N) is 2. The van der Waals surface area contributed by atoms with Gasteiger partial charge in [-0.05, 0) is 99.7 Å². The van der Waals surface area contributed by atoms with Crippen LogP contribution in [0.25, 0.3) is 10.2 Å². The van der Waals surface area contributed by atoms with Crippen LogP contribution in [-0.4, -0.2) is 24.4 Å². The van der Waals surface area contributed by atoms with Gasteiger partial charge in [-0.2, -0.15) is 0 Å². The molecule has 2 aromatic carbocycles. The number of ether oxygens (including phenoxy) is 1. The van der Waals surface area contributed by atoms with E-state index in [-0.39, 0.29) is 27.5 Å². The first-order chi connectivity index (χ1) is 18.9. The Bertz CT molecular complexity index is 1800. The van der Waals surface area contributed by atoms with Crippen LogP contribution >= 0.6 is 11.3 Å². The van der Waals surface area contributed by atoms with Crippen LogP contribution in [0.1, 0.15) is 75.2 Å². The summed E-state index contributed by atoms with van der Waals surface area (Å²) >= 11 is 1.53. The summed E-state index contributed by atoms with van der Waals surface area (Å²) in [5.74, 6) is 0.0815. The summed E-state index contributed by atoms with van der Waals surface area (Å²) in [6, 6.07) is 8.26. The van der Waals surface area contributed by atoms with Gasteiger partial charge >= 0.3 is 5.97 Å². The summed E-state index contributed by atoms with van der Waals surface area (Å²) in [6.07, 6.45) is 1.97. The molecule has 0 fully saturated rings. The van der Waals surface area contributed by atoms with Crippen molar-refractivity contribution in [2.24, 2.45) is 5.92 Å². The van der Waals surface area contributed by atoms with E-state index in [9.17, 15) is 18.0 Å².